The first-order valence-corrected chi connectivity index (χ1v) is 7.99. The summed E-state index contributed by atoms with van der Waals surface area (Å²) >= 11 is 0. The number of hydrogen-bond acceptors (Lipinski definition) is 6. The Hall–Kier alpha value is -2.05. The number of esters is 1. The molecule has 1 aliphatic heterocycles. The molecule has 1 heterocycles. The largest absolute Gasteiger partial charge is 0.460 e. The molecule has 13 heteroatoms. The van der Waals surface area contributed by atoms with Gasteiger partial charge in [0.1, 0.15) is 11.3 Å². The predicted molar refractivity (Wildman–Crippen MR) is 82.1 cm³/mol. The van der Waals surface area contributed by atoms with Crippen LogP contribution in [0.5, 0.6) is 0 Å². The number of hydrogen-bond donors (Lipinski definition) is 2. The van der Waals surface area contributed by atoms with Gasteiger partial charge in [-0.05, 0) is 27.7 Å². The van der Waals surface area contributed by atoms with Crippen LogP contribution in [0.4, 0.5) is 26.3 Å². The highest BCUT2D eigenvalue weighted by molar-refractivity contribution is 6.39. The van der Waals surface area contributed by atoms with Crippen LogP contribution in [0.25, 0.3) is 0 Å². The van der Waals surface area contributed by atoms with Crippen LogP contribution in [-0.4, -0.2) is 58.4 Å². The number of ether oxygens (including phenoxy) is 1. The molecule has 0 saturated heterocycles. The third-order valence-electron chi connectivity index (χ3n) is 3.53. The van der Waals surface area contributed by atoms with Gasteiger partial charge < -0.3 is 20.0 Å². The van der Waals surface area contributed by atoms with E-state index in [-0.39, 0.29) is 6.42 Å². The van der Waals surface area contributed by atoms with Crippen LogP contribution in [0.2, 0.25) is 0 Å². The average molecular weight is 422 g/mol. The Bertz CT molecular complexity index is 624. The summed E-state index contributed by atoms with van der Waals surface area (Å²) in [6.45, 7) is 6.21. The number of carbonyl (C=O) groups excluding carboxylic acids is 2. The van der Waals surface area contributed by atoms with Crippen molar-refractivity contribution in [3.63, 3.8) is 0 Å². The fourth-order valence-electron chi connectivity index (χ4n) is 2.25. The second-order valence-electron chi connectivity index (χ2n) is 7.26. The van der Waals surface area contributed by atoms with E-state index in [1.807, 2.05) is 0 Å². The number of carbonyl (C=O) groups is 2. The molecule has 0 bridgehead atoms. The summed E-state index contributed by atoms with van der Waals surface area (Å²) in [5, 5.41) is 14.4. The SMILES string of the molecule is C[C@H](CC(=O)OC(C)(C)C)NC(=O)C1=NO[C@@H](C(O)(C(F)(F)F)C(F)(F)F)C1. The third kappa shape index (κ3) is 5.49. The van der Waals surface area contributed by atoms with Crippen LogP contribution in [0.1, 0.15) is 40.5 Å². The number of halogens is 6. The lowest BCUT2D eigenvalue weighted by molar-refractivity contribution is -0.392. The minimum absolute atomic E-state index is 0.296. The minimum atomic E-state index is -6.11. The zero-order chi connectivity index (χ0) is 22.1. The fraction of sp³-hybridized carbons (Fsp3) is 0.800. The molecule has 7 nitrogen and oxygen atoms in total. The van der Waals surface area contributed by atoms with Crippen molar-refractivity contribution in [1.29, 1.82) is 0 Å². The van der Waals surface area contributed by atoms with Crippen molar-refractivity contribution in [3.05, 3.63) is 0 Å². The molecule has 0 aromatic heterocycles. The number of nitrogens with zero attached hydrogens (tertiary/aromatic N) is 1. The zero-order valence-electron chi connectivity index (χ0n) is 15.4. The van der Waals surface area contributed by atoms with E-state index in [0.29, 0.717) is 0 Å². The lowest BCUT2D eigenvalue weighted by Gasteiger charge is -2.35. The van der Waals surface area contributed by atoms with Gasteiger partial charge in [-0.25, -0.2) is 0 Å². The number of oxime groups is 1. The molecule has 0 radical (unpaired) electrons. The van der Waals surface area contributed by atoms with E-state index in [4.69, 9.17) is 4.74 Å². The topological polar surface area (TPSA) is 97.2 Å². The van der Waals surface area contributed by atoms with Gasteiger partial charge >= 0.3 is 18.3 Å². The molecule has 0 aromatic carbocycles. The van der Waals surface area contributed by atoms with Crippen molar-refractivity contribution in [1.82, 2.24) is 5.32 Å². The highest BCUT2D eigenvalue weighted by atomic mass is 19.4. The van der Waals surface area contributed by atoms with Gasteiger partial charge in [0.2, 0.25) is 0 Å². The van der Waals surface area contributed by atoms with Gasteiger partial charge in [0, 0.05) is 12.5 Å². The van der Waals surface area contributed by atoms with Crippen LogP contribution in [0.15, 0.2) is 5.16 Å². The molecule has 2 atom stereocenters. The second-order valence-corrected chi connectivity index (χ2v) is 7.26. The van der Waals surface area contributed by atoms with Gasteiger partial charge in [-0.15, -0.1) is 0 Å². The average Bonchev–Trinajstić information content (AvgIpc) is 2.91. The normalized spacial score (nSPS) is 19.5. The van der Waals surface area contributed by atoms with E-state index in [2.05, 4.69) is 15.3 Å². The molecule has 1 amide bonds. The fourth-order valence-corrected chi connectivity index (χ4v) is 2.25. The Morgan fingerprint density at radius 3 is 2.14 bits per heavy atom. The number of amides is 1. The highest BCUT2D eigenvalue weighted by Crippen LogP contribution is 2.48. The molecule has 0 aromatic rings. The summed E-state index contributed by atoms with van der Waals surface area (Å²) in [5.41, 5.74) is -6.77. The molecule has 1 aliphatic rings. The Morgan fingerprint density at radius 1 is 1.21 bits per heavy atom. The summed E-state index contributed by atoms with van der Waals surface area (Å²) in [6.07, 6.45) is -16.6. The molecular weight excluding hydrogens is 402 g/mol. The van der Waals surface area contributed by atoms with Crippen molar-refractivity contribution in [2.24, 2.45) is 5.16 Å². The molecule has 0 spiro atoms. The first-order chi connectivity index (χ1) is 12.4. The summed E-state index contributed by atoms with van der Waals surface area (Å²) in [7, 11) is 0. The maximum absolute atomic E-state index is 12.8. The molecule has 0 fully saturated rings. The van der Waals surface area contributed by atoms with Crippen molar-refractivity contribution in [2.45, 2.75) is 76.2 Å². The third-order valence-corrected chi connectivity index (χ3v) is 3.53. The minimum Gasteiger partial charge on any atom is -0.460 e. The molecule has 0 saturated carbocycles. The Balaban J connectivity index is 2.75. The van der Waals surface area contributed by atoms with E-state index in [1.54, 1.807) is 20.8 Å². The van der Waals surface area contributed by atoms with Crippen LogP contribution in [0.3, 0.4) is 0 Å². The number of rotatable bonds is 5. The quantitative estimate of drug-likeness (QED) is 0.523. The Labute approximate surface area is 156 Å². The number of nitrogens with one attached hydrogen (secondary N) is 1. The smallest absolute Gasteiger partial charge is 0.430 e. The predicted octanol–water partition coefficient (Wildman–Crippen LogP) is 2.22. The maximum Gasteiger partial charge on any atom is 0.430 e. The van der Waals surface area contributed by atoms with Gasteiger partial charge in [-0.1, -0.05) is 5.16 Å². The van der Waals surface area contributed by atoms with E-state index in [1.165, 1.54) is 6.92 Å². The van der Waals surface area contributed by atoms with E-state index >= 15 is 0 Å². The van der Waals surface area contributed by atoms with Crippen molar-refractivity contribution in [3.8, 4) is 0 Å². The van der Waals surface area contributed by atoms with Crippen LogP contribution in [0, 0.1) is 0 Å². The molecule has 0 unspecified atom stereocenters. The number of alkyl halides is 6. The van der Waals surface area contributed by atoms with Crippen LogP contribution in [-0.2, 0) is 19.2 Å². The Kier molecular flexibility index (Phi) is 6.65. The molecule has 0 aliphatic carbocycles. The monoisotopic (exact) mass is 422 g/mol. The van der Waals surface area contributed by atoms with Crippen molar-refractivity contribution in [2.75, 3.05) is 0 Å². The molecule has 2 N–H and O–H groups in total. The first kappa shape index (κ1) is 24.0. The summed E-state index contributed by atoms with van der Waals surface area (Å²) in [5.74, 6) is -1.81. The van der Waals surface area contributed by atoms with Crippen molar-refractivity contribution >= 4 is 17.6 Å². The van der Waals surface area contributed by atoms with Crippen LogP contribution < -0.4 is 5.32 Å². The van der Waals surface area contributed by atoms with Gasteiger partial charge in [0.25, 0.3) is 11.5 Å². The van der Waals surface area contributed by atoms with Gasteiger partial charge in [0.15, 0.2) is 6.10 Å². The van der Waals surface area contributed by atoms with Gasteiger partial charge in [-0.2, -0.15) is 26.3 Å². The molecular formula is C15H20F6N2O5. The van der Waals surface area contributed by atoms with Gasteiger partial charge in [-0.3, -0.25) is 9.59 Å². The first-order valence-electron chi connectivity index (χ1n) is 7.99. The summed E-state index contributed by atoms with van der Waals surface area (Å²) in [6, 6.07) is -0.854. The Morgan fingerprint density at radius 2 is 1.71 bits per heavy atom. The number of aliphatic hydroxyl groups is 1. The van der Waals surface area contributed by atoms with E-state index in [0.717, 1.165) is 0 Å². The van der Waals surface area contributed by atoms with Crippen molar-refractivity contribution < 1.29 is 50.6 Å². The maximum atomic E-state index is 12.8. The highest BCUT2D eigenvalue weighted by Gasteiger charge is 2.76. The van der Waals surface area contributed by atoms with Gasteiger partial charge in [0.05, 0.1) is 6.42 Å². The summed E-state index contributed by atoms with van der Waals surface area (Å²) < 4.78 is 81.9. The summed E-state index contributed by atoms with van der Waals surface area (Å²) in [4.78, 5) is 27.7. The second kappa shape index (κ2) is 7.76. The lowest BCUT2D eigenvalue weighted by atomic mass is 9.91. The lowest BCUT2D eigenvalue weighted by Crippen LogP contribution is -2.64. The molecule has 28 heavy (non-hydrogen) atoms. The zero-order valence-corrected chi connectivity index (χ0v) is 15.4. The molecule has 1 rings (SSSR count). The van der Waals surface area contributed by atoms with E-state index < -0.39 is 59.7 Å². The standard InChI is InChI=1S/C15H20F6N2O5/c1-7(5-10(24)27-12(2,3)4)22-11(25)8-6-9(28-23-8)13(26,14(16,17)18)15(19,20)21/h7,9,26H,5-6H2,1-4H3,(H,22,25)/t7-,9-/m1/s1. The van der Waals surface area contributed by atoms with Crippen LogP contribution >= 0.6 is 0 Å². The molecule has 162 valence electrons. The van der Waals surface area contributed by atoms with E-state index in [9.17, 15) is 41.0 Å².